The van der Waals surface area contributed by atoms with Crippen LogP contribution in [0.25, 0.3) is 11.1 Å². The van der Waals surface area contributed by atoms with Gasteiger partial charge in [-0.1, -0.05) is 6.07 Å². The van der Waals surface area contributed by atoms with Crippen molar-refractivity contribution < 1.29 is 23.1 Å². The molecule has 2 aromatic carbocycles. The number of amides is 1. The number of hydrogen-bond donors (Lipinski definition) is 0. The third-order valence-corrected chi connectivity index (χ3v) is 6.79. The molecular formula is C29H28ClF2N3O3. The summed E-state index contributed by atoms with van der Waals surface area (Å²) in [4.78, 5) is 33.3. The maximum Gasteiger partial charge on any atom is 0.219 e. The van der Waals surface area contributed by atoms with Crippen LogP contribution in [-0.4, -0.2) is 65.8 Å². The Balaban J connectivity index is 0.00000336. The Kier molecular flexibility index (Phi) is 8.54. The second kappa shape index (κ2) is 11.8. The highest BCUT2D eigenvalue weighted by molar-refractivity contribution is 6.41. The molecule has 38 heavy (non-hydrogen) atoms. The molecule has 9 heteroatoms. The van der Waals surface area contributed by atoms with E-state index < -0.39 is 11.6 Å². The molecule has 2 heterocycles. The first-order chi connectivity index (χ1) is 17.9. The van der Waals surface area contributed by atoms with Crippen molar-refractivity contribution in [2.75, 3.05) is 39.3 Å². The summed E-state index contributed by atoms with van der Waals surface area (Å²) in [7, 11) is 0. The van der Waals surface area contributed by atoms with E-state index in [4.69, 9.17) is 4.74 Å². The number of ketones is 1. The lowest BCUT2D eigenvalue weighted by molar-refractivity contribution is -0.130. The predicted octanol–water partition coefficient (Wildman–Crippen LogP) is 4.87. The summed E-state index contributed by atoms with van der Waals surface area (Å²) in [6.45, 7) is 6.11. The van der Waals surface area contributed by atoms with Crippen molar-refractivity contribution in [3.8, 4) is 5.75 Å². The van der Waals surface area contributed by atoms with Crippen molar-refractivity contribution in [2.45, 2.75) is 13.3 Å². The number of halogens is 3. The van der Waals surface area contributed by atoms with E-state index in [2.05, 4.69) is 9.88 Å². The number of carbonyl (C=O) groups is 2. The van der Waals surface area contributed by atoms with Crippen LogP contribution in [0.1, 0.15) is 40.4 Å². The van der Waals surface area contributed by atoms with Crippen molar-refractivity contribution in [1.29, 1.82) is 0 Å². The number of rotatable bonds is 7. The van der Waals surface area contributed by atoms with E-state index in [9.17, 15) is 18.4 Å². The second-order valence-corrected chi connectivity index (χ2v) is 9.24. The number of fused-ring (bicyclic) bond motifs is 1. The molecule has 0 radical (unpaired) electrons. The predicted molar refractivity (Wildman–Crippen MR) is 143 cm³/mol. The Hall–Kier alpha value is -3.62. The third-order valence-electron chi connectivity index (χ3n) is 6.79. The van der Waals surface area contributed by atoms with Gasteiger partial charge in [0.2, 0.25) is 5.91 Å². The molecule has 1 aromatic heterocycles. The number of pyridine rings is 1. The highest BCUT2D eigenvalue weighted by Crippen LogP contribution is 2.43. The topological polar surface area (TPSA) is 62.7 Å². The minimum atomic E-state index is -0.711. The van der Waals surface area contributed by atoms with Crippen LogP contribution in [0.3, 0.4) is 0 Å². The van der Waals surface area contributed by atoms with Gasteiger partial charge in [0, 0.05) is 80.4 Å². The first-order valence-corrected chi connectivity index (χ1v) is 12.3. The van der Waals surface area contributed by atoms with Crippen LogP contribution in [0, 0.1) is 11.6 Å². The van der Waals surface area contributed by atoms with E-state index in [0.29, 0.717) is 45.8 Å². The Morgan fingerprint density at radius 2 is 1.68 bits per heavy atom. The molecule has 0 N–H and O–H groups in total. The molecule has 1 fully saturated rings. The molecule has 1 aliphatic carbocycles. The van der Waals surface area contributed by atoms with Crippen LogP contribution in [0.2, 0.25) is 0 Å². The van der Waals surface area contributed by atoms with Crippen LogP contribution in [0.5, 0.6) is 5.75 Å². The molecule has 1 amide bonds. The zero-order chi connectivity index (χ0) is 25.9. The molecule has 1 aliphatic heterocycles. The average molecular weight is 540 g/mol. The van der Waals surface area contributed by atoms with Gasteiger partial charge in [-0.05, 0) is 53.9 Å². The van der Waals surface area contributed by atoms with Crippen molar-refractivity contribution >= 4 is 35.2 Å². The average Bonchev–Trinajstić information content (AvgIpc) is 3.18. The molecule has 0 saturated carbocycles. The lowest BCUT2D eigenvalue weighted by Gasteiger charge is -2.34. The summed E-state index contributed by atoms with van der Waals surface area (Å²) in [5.74, 6) is -0.989. The van der Waals surface area contributed by atoms with Gasteiger partial charge in [0.1, 0.15) is 17.4 Å². The Morgan fingerprint density at radius 1 is 0.947 bits per heavy atom. The van der Waals surface area contributed by atoms with Crippen LogP contribution in [-0.2, 0) is 4.79 Å². The summed E-state index contributed by atoms with van der Waals surface area (Å²) in [6.07, 6.45) is 3.98. The fourth-order valence-electron chi connectivity index (χ4n) is 4.95. The quantitative estimate of drug-likeness (QED) is 0.401. The van der Waals surface area contributed by atoms with Gasteiger partial charge >= 0.3 is 0 Å². The molecule has 198 valence electrons. The lowest BCUT2D eigenvalue weighted by Crippen LogP contribution is -2.48. The molecule has 0 atom stereocenters. The number of ether oxygens (including phenoxy) is 1. The fourth-order valence-corrected chi connectivity index (χ4v) is 4.95. The van der Waals surface area contributed by atoms with E-state index in [1.165, 1.54) is 12.1 Å². The first kappa shape index (κ1) is 27.4. The second-order valence-electron chi connectivity index (χ2n) is 9.24. The highest BCUT2D eigenvalue weighted by atomic mass is 35.5. The van der Waals surface area contributed by atoms with Crippen LogP contribution in [0.15, 0.2) is 60.9 Å². The van der Waals surface area contributed by atoms with Gasteiger partial charge in [-0.25, -0.2) is 8.78 Å². The number of piperazine rings is 1. The normalized spacial score (nSPS) is 15.3. The zero-order valence-corrected chi connectivity index (χ0v) is 21.8. The Morgan fingerprint density at radius 3 is 2.34 bits per heavy atom. The molecule has 0 unspecified atom stereocenters. The molecule has 2 aliphatic rings. The minimum Gasteiger partial charge on any atom is -0.494 e. The molecule has 1 saturated heterocycles. The highest BCUT2D eigenvalue weighted by Gasteiger charge is 2.32. The maximum absolute atomic E-state index is 14.1. The van der Waals surface area contributed by atoms with E-state index in [-0.39, 0.29) is 24.1 Å². The summed E-state index contributed by atoms with van der Waals surface area (Å²) in [6, 6.07) is 12.0. The molecule has 0 spiro atoms. The van der Waals surface area contributed by atoms with Crippen LogP contribution in [0.4, 0.5) is 8.78 Å². The number of nitrogens with zero attached hydrogens (tertiary/aromatic N) is 3. The van der Waals surface area contributed by atoms with Gasteiger partial charge in [0.25, 0.3) is 0 Å². The molecule has 5 rings (SSSR count). The Labute approximate surface area is 226 Å². The van der Waals surface area contributed by atoms with Crippen LogP contribution >= 0.6 is 12.4 Å². The number of aromatic nitrogens is 1. The number of allylic oxidation sites excluding steroid dienone is 1. The number of Topliss-reactive ketones (excluding diaryl/α,β-unsaturated/α-hetero) is 1. The van der Waals surface area contributed by atoms with Gasteiger partial charge in [0.05, 0.1) is 6.61 Å². The molecule has 3 aromatic rings. The number of carbonyl (C=O) groups excluding carboxylic acids is 2. The smallest absolute Gasteiger partial charge is 0.219 e. The summed E-state index contributed by atoms with van der Waals surface area (Å²) < 4.78 is 34.2. The number of hydrogen-bond acceptors (Lipinski definition) is 5. The Bertz CT molecular complexity index is 1350. The SMILES string of the molecule is CC(=O)N1CCN(CCCOc2ccc3c(c2)C(=O)C(c2cccnc2)=C3c2cc(F)cc(F)c2)CC1.Cl. The molecular weight excluding hydrogens is 512 g/mol. The summed E-state index contributed by atoms with van der Waals surface area (Å²) in [5.41, 5.74) is 2.73. The van der Waals surface area contributed by atoms with Crippen molar-refractivity contribution in [1.82, 2.24) is 14.8 Å². The van der Waals surface area contributed by atoms with Gasteiger partial charge in [-0.15, -0.1) is 12.4 Å². The van der Waals surface area contributed by atoms with E-state index in [1.54, 1.807) is 49.6 Å². The summed E-state index contributed by atoms with van der Waals surface area (Å²) >= 11 is 0. The first-order valence-electron chi connectivity index (χ1n) is 12.3. The standard InChI is InChI=1S/C29H27F2N3O3.ClH/c1-19(35)34-11-9-33(10-12-34)8-3-13-37-24-5-6-25-26(17-24)29(36)28(20-4-2-7-32-18-20)27(25)21-14-22(30)16-23(31)15-21;/h2,4-7,14-18H,3,8-13H2,1H3;1H. The fraction of sp³-hybridized carbons (Fsp3) is 0.276. The van der Waals surface area contributed by atoms with E-state index in [0.717, 1.165) is 45.2 Å². The van der Waals surface area contributed by atoms with E-state index in [1.807, 2.05) is 4.90 Å². The third kappa shape index (κ3) is 5.76. The van der Waals surface area contributed by atoms with Crippen molar-refractivity contribution in [2.24, 2.45) is 0 Å². The maximum atomic E-state index is 14.1. The minimum absolute atomic E-state index is 0. The molecule has 6 nitrogen and oxygen atoms in total. The summed E-state index contributed by atoms with van der Waals surface area (Å²) in [5, 5.41) is 0. The largest absolute Gasteiger partial charge is 0.494 e. The van der Waals surface area contributed by atoms with Gasteiger partial charge < -0.3 is 9.64 Å². The van der Waals surface area contributed by atoms with E-state index >= 15 is 0 Å². The van der Waals surface area contributed by atoms with Gasteiger partial charge in [0.15, 0.2) is 5.78 Å². The van der Waals surface area contributed by atoms with Gasteiger partial charge in [-0.2, -0.15) is 0 Å². The number of benzene rings is 2. The zero-order valence-electron chi connectivity index (χ0n) is 21.0. The van der Waals surface area contributed by atoms with Gasteiger partial charge in [-0.3, -0.25) is 19.5 Å². The van der Waals surface area contributed by atoms with Crippen molar-refractivity contribution in [3.05, 3.63) is 94.8 Å². The van der Waals surface area contributed by atoms with Crippen LogP contribution < -0.4 is 4.74 Å². The lowest BCUT2D eigenvalue weighted by atomic mass is 9.95. The monoisotopic (exact) mass is 539 g/mol. The molecule has 0 bridgehead atoms. The van der Waals surface area contributed by atoms with Crippen molar-refractivity contribution in [3.63, 3.8) is 0 Å².